The standard InChI is InChI=1S/CHCl3.Rh/c2-1(3)4;/h1H;. The second-order valence-corrected chi connectivity index (χ2v) is 2.23. The molecule has 5 heavy (non-hydrogen) atoms. The van der Waals surface area contributed by atoms with E-state index in [0.717, 1.165) is 0 Å². The second kappa shape index (κ2) is 5.49. The van der Waals surface area contributed by atoms with E-state index in [0.29, 0.717) is 0 Å². The number of hydrogen-bond donors (Lipinski definition) is 0. The number of alkyl halides is 3. The third-order valence-corrected chi connectivity index (χ3v) is 0. The predicted octanol–water partition coefficient (Wildman–Crippen LogP) is 1.98. The molecule has 0 amide bonds. The minimum atomic E-state index is -0.750. The molecule has 0 aliphatic heterocycles. The first kappa shape index (κ1) is 9.71. The molecule has 0 aliphatic carbocycles. The van der Waals surface area contributed by atoms with Gasteiger partial charge in [-0.15, -0.1) is 0 Å². The van der Waals surface area contributed by atoms with Crippen LogP contribution in [0.4, 0.5) is 0 Å². The van der Waals surface area contributed by atoms with Gasteiger partial charge in [-0.05, 0) is 0 Å². The van der Waals surface area contributed by atoms with Crippen molar-refractivity contribution in [1.29, 1.82) is 0 Å². The Labute approximate surface area is 58.5 Å². The monoisotopic (exact) mass is 221 g/mol. The van der Waals surface area contributed by atoms with Gasteiger partial charge in [-0.2, -0.15) is 0 Å². The smallest absolute Gasteiger partial charge is 0.0874 e. The first-order valence-electron chi connectivity index (χ1n) is 0.655. The van der Waals surface area contributed by atoms with Crippen LogP contribution < -0.4 is 0 Å². The van der Waals surface area contributed by atoms with Crippen molar-refractivity contribution in [3.63, 3.8) is 0 Å². The van der Waals surface area contributed by atoms with E-state index < -0.39 is 4.30 Å². The largest absolute Gasteiger partial charge is 0.180 e. The molecule has 0 aliphatic rings. The fourth-order valence-electron chi connectivity index (χ4n) is 0. The number of halogens is 3. The van der Waals surface area contributed by atoms with Crippen molar-refractivity contribution in [2.24, 2.45) is 0 Å². The number of hydrogen-bond acceptors (Lipinski definition) is 0. The maximum atomic E-state index is 4.81. The zero-order valence-corrected chi connectivity index (χ0v) is 5.95. The van der Waals surface area contributed by atoms with Crippen molar-refractivity contribution in [3.05, 3.63) is 0 Å². The van der Waals surface area contributed by atoms with Crippen LogP contribution in [0.3, 0.4) is 0 Å². The summed E-state index contributed by atoms with van der Waals surface area (Å²) in [7, 11) is 0. The van der Waals surface area contributed by atoms with Gasteiger partial charge in [0.1, 0.15) is 0 Å². The van der Waals surface area contributed by atoms with Gasteiger partial charge in [0.25, 0.3) is 0 Å². The Morgan fingerprint density at radius 3 is 1.00 bits per heavy atom. The summed E-state index contributed by atoms with van der Waals surface area (Å²) in [6, 6.07) is 0. The van der Waals surface area contributed by atoms with Gasteiger partial charge >= 0.3 is 0 Å². The summed E-state index contributed by atoms with van der Waals surface area (Å²) in [5, 5.41) is 0. The van der Waals surface area contributed by atoms with E-state index in [1.54, 1.807) is 0 Å². The van der Waals surface area contributed by atoms with Crippen LogP contribution in [0.15, 0.2) is 0 Å². The van der Waals surface area contributed by atoms with E-state index in [-0.39, 0.29) is 19.5 Å². The van der Waals surface area contributed by atoms with E-state index in [1.807, 2.05) is 0 Å². The Balaban J connectivity index is 0. The molecule has 0 atom stereocenters. The fourth-order valence-corrected chi connectivity index (χ4v) is 0. The van der Waals surface area contributed by atoms with Crippen molar-refractivity contribution in [1.82, 2.24) is 0 Å². The Bertz CT molecular complexity index is 11.6. The Morgan fingerprint density at radius 1 is 1.00 bits per heavy atom. The zero-order chi connectivity index (χ0) is 3.58. The molecule has 0 aromatic carbocycles. The average molecular weight is 222 g/mol. The molecule has 0 nitrogen and oxygen atoms in total. The van der Waals surface area contributed by atoms with Crippen LogP contribution in [-0.2, 0) is 19.5 Å². The third-order valence-electron chi connectivity index (χ3n) is 0. The van der Waals surface area contributed by atoms with Gasteiger partial charge in [-0.1, -0.05) is 34.8 Å². The minimum Gasteiger partial charge on any atom is -0.0874 e. The van der Waals surface area contributed by atoms with Crippen LogP contribution in [0.2, 0.25) is 0 Å². The molecule has 0 rings (SSSR count). The summed E-state index contributed by atoms with van der Waals surface area (Å²) in [5.41, 5.74) is 0. The van der Waals surface area contributed by atoms with Crippen molar-refractivity contribution in [2.45, 2.75) is 4.30 Å². The topological polar surface area (TPSA) is 0 Å². The van der Waals surface area contributed by atoms with Crippen molar-refractivity contribution in [3.8, 4) is 0 Å². The molecule has 0 unspecified atom stereocenters. The summed E-state index contributed by atoms with van der Waals surface area (Å²) in [5.74, 6) is 0. The molecular formula is CHCl3Rh. The maximum Gasteiger partial charge on any atom is 0.180 e. The van der Waals surface area contributed by atoms with Crippen LogP contribution in [0, 0.1) is 0 Å². The Morgan fingerprint density at radius 2 is 1.00 bits per heavy atom. The molecule has 0 N–H and O–H groups in total. The van der Waals surface area contributed by atoms with Crippen LogP contribution in [-0.4, -0.2) is 4.30 Å². The van der Waals surface area contributed by atoms with E-state index in [9.17, 15) is 0 Å². The summed E-state index contributed by atoms with van der Waals surface area (Å²) in [6.45, 7) is 0. The molecule has 0 bridgehead atoms. The quantitative estimate of drug-likeness (QED) is 0.434. The van der Waals surface area contributed by atoms with Gasteiger partial charge < -0.3 is 0 Å². The van der Waals surface area contributed by atoms with Crippen LogP contribution in [0.1, 0.15) is 0 Å². The minimum absolute atomic E-state index is 0. The van der Waals surface area contributed by atoms with Gasteiger partial charge in [0, 0.05) is 19.5 Å². The van der Waals surface area contributed by atoms with Gasteiger partial charge in [0.05, 0.1) is 0 Å². The fraction of sp³-hybridized carbons (Fsp3) is 1.00. The third kappa shape index (κ3) is 30.1. The predicted molar refractivity (Wildman–Crippen MR) is 21.3 cm³/mol. The molecule has 0 heterocycles. The average Bonchev–Trinajstić information content (AvgIpc) is 0.811. The Kier molecular flexibility index (Phi) is 10.7. The van der Waals surface area contributed by atoms with Gasteiger partial charge in [0.15, 0.2) is 4.30 Å². The van der Waals surface area contributed by atoms with Gasteiger partial charge in [-0.3, -0.25) is 0 Å². The van der Waals surface area contributed by atoms with E-state index >= 15 is 0 Å². The molecule has 0 spiro atoms. The molecule has 0 saturated heterocycles. The molecule has 1 radical (unpaired) electrons. The van der Waals surface area contributed by atoms with Crippen LogP contribution in [0.5, 0.6) is 0 Å². The first-order chi connectivity index (χ1) is 1.73. The SMILES string of the molecule is ClC(Cl)Cl.[Rh]. The van der Waals surface area contributed by atoms with Crippen LogP contribution >= 0.6 is 34.8 Å². The van der Waals surface area contributed by atoms with Crippen molar-refractivity contribution >= 4 is 34.8 Å². The van der Waals surface area contributed by atoms with Gasteiger partial charge in [0.2, 0.25) is 0 Å². The van der Waals surface area contributed by atoms with Gasteiger partial charge in [-0.25, -0.2) is 0 Å². The van der Waals surface area contributed by atoms with Crippen LogP contribution in [0.25, 0.3) is 0 Å². The molecule has 4 heteroatoms. The first-order valence-corrected chi connectivity index (χ1v) is 1.96. The van der Waals surface area contributed by atoms with E-state index in [4.69, 9.17) is 34.8 Å². The molecule has 35 valence electrons. The van der Waals surface area contributed by atoms with Crippen molar-refractivity contribution < 1.29 is 19.5 Å². The molecule has 0 fully saturated rings. The van der Waals surface area contributed by atoms with E-state index in [1.165, 1.54) is 0 Å². The summed E-state index contributed by atoms with van der Waals surface area (Å²) in [4.78, 5) is 0. The molecule has 0 saturated carbocycles. The van der Waals surface area contributed by atoms with Crippen molar-refractivity contribution in [2.75, 3.05) is 0 Å². The zero-order valence-electron chi connectivity index (χ0n) is 2.04. The Hall–Kier alpha value is 1.49. The second-order valence-electron chi connectivity index (χ2n) is 0.247. The molecule has 0 aromatic heterocycles. The summed E-state index contributed by atoms with van der Waals surface area (Å²) >= 11 is 14.4. The maximum absolute atomic E-state index is 4.81. The summed E-state index contributed by atoms with van der Waals surface area (Å²) < 4.78 is -0.750. The number of rotatable bonds is 0. The molecule has 0 aromatic rings. The summed E-state index contributed by atoms with van der Waals surface area (Å²) in [6.07, 6.45) is 0. The van der Waals surface area contributed by atoms with E-state index in [2.05, 4.69) is 0 Å². The normalized spacial score (nSPS) is 7.20. The molecular weight excluding hydrogens is 221 g/mol.